The molecule has 2 aromatic heterocycles. The summed E-state index contributed by atoms with van der Waals surface area (Å²) in [5.74, 6) is 0.369. The van der Waals surface area contributed by atoms with Crippen molar-refractivity contribution in [3.05, 3.63) is 49.8 Å². The molecule has 0 saturated heterocycles. The zero-order valence-corrected chi connectivity index (χ0v) is 14.2. The molecule has 1 atom stereocenters. The Hall–Kier alpha value is -1.95. The van der Waals surface area contributed by atoms with E-state index in [4.69, 9.17) is 0 Å². The number of aromatic nitrogens is 2. The molecule has 1 unspecified atom stereocenters. The predicted octanol–water partition coefficient (Wildman–Crippen LogP) is 2.69. The molecule has 23 heavy (non-hydrogen) atoms. The second-order valence-electron chi connectivity index (χ2n) is 6.28. The summed E-state index contributed by atoms with van der Waals surface area (Å²) < 4.78 is 0. The molecule has 0 spiro atoms. The first kappa shape index (κ1) is 15.9. The van der Waals surface area contributed by atoms with Crippen LogP contribution in [0.5, 0.6) is 0 Å². The van der Waals surface area contributed by atoms with Gasteiger partial charge < -0.3 is 10.3 Å². The summed E-state index contributed by atoms with van der Waals surface area (Å²) >= 11 is 1.61. The molecule has 5 nitrogen and oxygen atoms in total. The van der Waals surface area contributed by atoms with Crippen LogP contribution in [0.1, 0.15) is 60.6 Å². The van der Waals surface area contributed by atoms with Gasteiger partial charge in [0.05, 0.1) is 23.2 Å². The van der Waals surface area contributed by atoms with E-state index in [1.165, 1.54) is 6.07 Å². The van der Waals surface area contributed by atoms with E-state index in [-0.39, 0.29) is 17.5 Å². The number of aromatic amines is 1. The number of carbonyl (C=O) groups is 1. The Bertz CT molecular complexity index is 763. The summed E-state index contributed by atoms with van der Waals surface area (Å²) in [6, 6.07) is 3.34. The fourth-order valence-corrected chi connectivity index (χ4v) is 3.76. The van der Waals surface area contributed by atoms with Crippen LogP contribution in [0.4, 0.5) is 0 Å². The van der Waals surface area contributed by atoms with E-state index in [0.717, 1.165) is 41.2 Å². The van der Waals surface area contributed by atoms with Crippen LogP contribution in [0.3, 0.4) is 0 Å². The fourth-order valence-electron chi connectivity index (χ4n) is 2.93. The zero-order valence-electron chi connectivity index (χ0n) is 13.4. The smallest absolute Gasteiger partial charge is 0.248 e. The predicted molar refractivity (Wildman–Crippen MR) is 90.8 cm³/mol. The number of rotatable bonds is 4. The van der Waals surface area contributed by atoms with Gasteiger partial charge in [-0.05, 0) is 30.9 Å². The van der Waals surface area contributed by atoms with Gasteiger partial charge in [-0.2, -0.15) is 0 Å². The van der Waals surface area contributed by atoms with Gasteiger partial charge in [-0.1, -0.05) is 13.8 Å². The minimum atomic E-state index is -0.0839. The third-order valence-corrected chi connectivity index (χ3v) is 5.27. The Morgan fingerprint density at radius 2 is 2.30 bits per heavy atom. The van der Waals surface area contributed by atoms with Crippen LogP contribution in [-0.2, 0) is 17.6 Å². The van der Waals surface area contributed by atoms with Crippen LogP contribution in [0.2, 0.25) is 0 Å². The van der Waals surface area contributed by atoms with Crippen molar-refractivity contribution in [2.45, 2.75) is 51.5 Å². The molecule has 122 valence electrons. The standard InChI is InChI=1S/C17H21N3O2S/c1-10(2)17-18-11(9-23-17)8-16(22)20-14-5-3-4-13-12(14)6-7-15(21)19-13/h6-7,9-10,14H,3-5,8H2,1-2H3,(H,19,21)(H,20,22). The maximum Gasteiger partial charge on any atom is 0.248 e. The molecule has 2 aromatic rings. The second-order valence-corrected chi connectivity index (χ2v) is 7.17. The minimum absolute atomic E-state index is 0.0188. The lowest BCUT2D eigenvalue weighted by atomic mass is 9.91. The SMILES string of the molecule is CC(C)c1nc(CC(=O)NC2CCCc3[nH]c(=O)ccc32)cs1. The Morgan fingerprint density at radius 3 is 3.04 bits per heavy atom. The van der Waals surface area contributed by atoms with Crippen molar-refractivity contribution in [3.63, 3.8) is 0 Å². The van der Waals surface area contributed by atoms with Crippen LogP contribution in [-0.4, -0.2) is 15.9 Å². The molecule has 0 fully saturated rings. The average Bonchev–Trinajstić information content (AvgIpc) is 2.95. The van der Waals surface area contributed by atoms with Crippen LogP contribution in [0.25, 0.3) is 0 Å². The number of nitrogens with zero attached hydrogens (tertiary/aromatic N) is 1. The molecule has 1 aliphatic carbocycles. The van der Waals surface area contributed by atoms with Crippen molar-refractivity contribution in [1.29, 1.82) is 0 Å². The first-order chi connectivity index (χ1) is 11.0. The van der Waals surface area contributed by atoms with Gasteiger partial charge in [-0.3, -0.25) is 9.59 Å². The summed E-state index contributed by atoms with van der Waals surface area (Å²) in [6.45, 7) is 4.20. The van der Waals surface area contributed by atoms with Gasteiger partial charge in [-0.15, -0.1) is 11.3 Å². The second kappa shape index (κ2) is 6.66. The van der Waals surface area contributed by atoms with E-state index in [1.807, 2.05) is 11.4 Å². The summed E-state index contributed by atoms with van der Waals surface area (Å²) in [5, 5.41) is 6.11. The number of hydrogen-bond donors (Lipinski definition) is 2. The van der Waals surface area contributed by atoms with E-state index < -0.39 is 0 Å². The van der Waals surface area contributed by atoms with Crippen molar-refractivity contribution in [1.82, 2.24) is 15.3 Å². The normalized spacial score (nSPS) is 17.1. The van der Waals surface area contributed by atoms with Crippen LogP contribution < -0.4 is 10.9 Å². The number of nitrogens with one attached hydrogen (secondary N) is 2. The Morgan fingerprint density at radius 1 is 1.48 bits per heavy atom. The van der Waals surface area contributed by atoms with E-state index in [9.17, 15) is 9.59 Å². The lowest BCUT2D eigenvalue weighted by Crippen LogP contribution is -2.33. The van der Waals surface area contributed by atoms with E-state index in [2.05, 4.69) is 29.1 Å². The molecule has 1 aliphatic rings. The minimum Gasteiger partial charge on any atom is -0.349 e. The van der Waals surface area contributed by atoms with E-state index in [0.29, 0.717) is 12.3 Å². The van der Waals surface area contributed by atoms with Gasteiger partial charge in [0.15, 0.2) is 0 Å². The Balaban J connectivity index is 1.68. The van der Waals surface area contributed by atoms with Crippen LogP contribution >= 0.6 is 11.3 Å². The largest absolute Gasteiger partial charge is 0.349 e. The van der Waals surface area contributed by atoms with E-state index >= 15 is 0 Å². The number of fused-ring (bicyclic) bond motifs is 1. The highest BCUT2D eigenvalue weighted by Crippen LogP contribution is 2.27. The number of hydrogen-bond acceptors (Lipinski definition) is 4. The molecule has 3 rings (SSSR count). The molecule has 2 heterocycles. The van der Waals surface area contributed by atoms with Crippen molar-refractivity contribution < 1.29 is 4.79 Å². The fraction of sp³-hybridized carbons (Fsp3) is 0.471. The lowest BCUT2D eigenvalue weighted by molar-refractivity contribution is -0.121. The maximum absolute atomic E-state index is 12.3. The summed E-state index contributed by atoms with van der Waals surface area (Å²) in [7, 11) is 0. The third kappa shape index (κ3) is 3.69. The maximum atomic E-state index is 12.3. The molecule has 0 radical (unpaired) electrons. The molecule has 2 N–H and O–H groups in total. The quantitative estimate of drug-likeness (QED) is 0.904. The summed E-state index contributed by atoms with van der Waals surface area (Å²) in [4.78, 5) is 31.1. The van der Waals surface area contributed by atoms with Gasteiger partial charge in [0, 0.05) is 23.1 Å². The number of pyridine rings is 1. The van der Waals surface area contributed by atoms with Gasteiger partial charge in [0.1, 0.15) is 0 Å². The molecule has 0 saturated carbocycles. The van der Waals surface area contributed by atoms with Crippen molar-refractivity contribution in [3.8, 4) is 0 Å². The lowest BCUT2D eigenvalue weighted by Gasteiger charge is -2.25. The van der Waals surface area contributed by atoms with Gasteiger partial charge in [0.2, 0.25) is 11.5 Å². The number of aryl methyl sites for hydroxylation is 1. The van der Waals surface area contributed by atoms with E-state index in [1.54, 1.807) is 11.3 Å². The molecular weight excluding hydrogens is 310 g/mol. The molecule has 0 aliphatic heterocycles. The van der Waals surface area contributed by atoms with Crippen molar-refractivity contribution in [2.75, 3.05) is 0 Å². The van der Waals surface area contributed by atoms with Crippen molar-refractivity contribution in [2.24, 2.45) is 0 Å². The van der Waals surface area contributed by atoms with Gasteiger partial charge in [0.25, 0.3) is 0 Å². The first-order valence-electron chi connectivity index (χ1n) is 7.98. The zero-order chi connectivity index (χ0) is 16.4. The highest BCUT2D eigenvalue weighted by atomic mass is 32.1. The summed E-state index contributed by atoms with van der Waals surface area (Å²) in [5.41, 5.74) is 2.73. The van der Waals surface area contributed by atoms with Crippen LogP contribution in [0, 0.1) is 0 Å². The Kier molecular flexibility index (Phi) is 4.61. The molecular formula is C17H21N3O2S. The highest BCUT2D eigenvalue weighted by Gasteiger charge is 2.22. The first-order valence-corrected chi connectivity index (χ1v) is 8.86. The average molecular weight is 331 g/mol. The number of H-pyrrole nitrogens is 1. The molecule has 6 heteroatoms. The van der Waals surface area contributed by atoms with Gasteiger partial charge >= 0.3 is 0 Å². The molecule has 0 aromatic carbocycles. The van der Waals surface area contributed by atoms with Crippen molar-refractivity contribution >= 4 is 17.2 Å². The number of carbonyl (C=O) groups excluding carboxylic acids is 1. The van der Waals surface area contributed by atoms with Gasteiger partial charge in [-0.25, -0.2) is 4.98 Å². The summed E-state index contributed by atoms with van der Waals surface area (Å²) in [6.07, 6.45) is 3.03. The molecule has 1 amide bonds. The van der Waals surface area contributed by atoms with Crippen LogP contribution in [0.15, 0.2) is 22.3 Å². The molecule has 0 bridgehead atoms. The topological polar surface area (TPSA) is 74.8 Å². The number of thiazole rings is 1. The monoisotopic (exact) mass is 331 g/mol. The Labute approximate surface area is 139 Å². The number of amides is 1. The highest BCUT2D eigenvalue weighted by molar-refractivity contribution is 7.09. The third-order valence-electron chi connectivity index (χ3n) is 4.07.